The van der Waals surface area contributed by atoms with Crippen LogP contribution in [0.1, 0.15) is 0 Å². The van der Waals surface area contributed by atoms with E-state index < -0.39 is 0 Å². The highest BCUT2D eigenvalue weighted by Gasteiger charge is 2.29. The number of nitrogens with zero attached hydrogens (tertiary/aromatic N) is 2. The molecule has 2 aliphatic rings. The van der Waals surface area contributed by atoms with Crippen molar-refractivity contribution in [3.63, 3.8) is 0 Å². The first-order valence-corrected chi connectivity index (χ1v) is 17.2. The minimum absolute atomic E-state index is 1.19. The second-order valence-corrected chi connectivity index (χ2v) is 13.9. The van der Waals surface area contributed by atoms with Gasteiger partial charge in [0, 0.05) is 30.4 Å². The minimum Gasteiger partial charge on any atom is -0.308 e. The summed E-state index contributed by atoms with van der Waals surface area (Å²) in [6.07, 6.45) is 0. The lowest BCUT2D eigenvalue weighted by Gasteiger charge is -2.35. The average Bonchev–Trinajstić information content (AvgIpc) is 3.12. The largest absolute Gasteiger partial charge is 0.308 e. The van der Waals surface area contributed by atoms with Gasteiger partial charge >= 0.3 is 0 Å². The molecule has 0 fully saturated rings. The Labute approximate surface area is 275 Å². The highest BCUT2D eigenvalue weighted by molar-refractivity contribution is 8.00. The second-order valence-electron chi connectivity index (χ2n) is 11.7. The molecule has 2 aliphatic heterocycles. The average molecular weight is 623 g/mol. The molecule has 0 saturated heterocycles. The van der Waals surface area contributed by atoms with Crippen molar-refractivity contribution in [3.05, 3.63) is 158 Å². The van der Waals surface area contributed by atoms with Crippen molar-refractivity contribution in [1.29, 1.82) is 0 Å². The van der Waals surface area contributed by atoms with Gasteiger partial charge in [0.2, 0.25) is 0 Å². The molecule has 0 aliphatic carbocycles. The van der Waals surface area contributed by atoms with E-state index in [0.717, 1.165) is 0 Å². The summed E-state index contributed by atoms with van der Waals surface area (Å²) < 4.78 is 0. The fraction of sp³-hybridized carbons (Fsp3) is 0. The summed E-state index contributed by atoms with van der Waals surface area (Å²) in [6, 6.07) is 57.8. The van der Waals surface area contributed by atoms with E-state index in [-0.39, 0.29) is 0 Å². The van der Waals surface area contributed by atoms with Crippen molar-refractivity contribution in [2.45, 2.75) is 19.6 Å². The Morgan fingerprint density at radius 1 is 0.304 bits per heavy atom. The first-order valence-electron chi connectivity index (χ1n) is 15.5. The molecular weight excluding hydrogens is 597 g/mol. The van der Waals surface area contributed by atoms with Crippen LogP contribution >= 0.6 is 23.5 Å². The van der Waals surface area contributed by atoms with Crippen molar-refractivity contribution in [1.82, 2.24) is 0 Å². The van der Waals surface area contributed by atoms with E-state index in [0.29, 0.717) is 0 Å². The maximum Gasteiger partial charge on any atom is 0.0601 e. The Kier molecular flexibility index (Phi) is 5.77. The van der Waals surface area contributed by atoms with Gasteiger partial charge in [-0.15, -0.1) is 0 Å². The standard InChI is InChI=1S/C42H26N2S2/c1-3-15-30-28(13-1)36(43-32-17-5-9-21-38(32)45-39-22-10-6-18-33(39)43)25-27-26-37(29-14-2-4-16-31(29)42(27)30)44-34-19-7-11-23-40(34)46-41-24-12-8-20-35(41)44/h1-26H. The lowest BCUT2D eigenvalue weighted by Crippen LogP contribution is -2.16. The summed E-state index contributed by atoms with van der Waals surface area (Å²) >= 11 is 3.70. The number of para-hydroxylation sites is 4. The molecular formula is C42H26N2S2. The SMILES string of the molecule is c1ccc2c(c1)Sc1ccccc1N2c1cc2cc(N3c4ccccc4Sc4ccccc43)c3ccccc3c2c2ccccc12. The van der Waals surface area contributed by atoms with Crippen molar-refractivity contribution in [2.75, 3.05) is 9.80 Å². The van der Waals surface area contributed by atoms with Gasteiger partial charge in [0.1, 0.15) is 0 Å². The summed E-state index contributed by atoms with van der Waals surface area (Å²) in [5, 5.41) is 7.54. The van der Waals surface area contributed by atoms with E-state index in [4.69, 9.17) is 0 Å². The summed E-state index contributed by atoms with van der Waals surface area (Å²) in [5.41, 5.74) is 7.25. The Hall–Kier alpha value is -5.16. The number of fused-ring (bicyclic) bond motifs is 9. The third-order valence-corrected chi connectivity index (χ3v) is 11.4. The molecule has 0 saturated carbocycles. The Bertz CT molecular complexity index is 2260. The third kappa shape index (κ3) is 3.81. The predicted molar refractivity (Wildman–Crippen MR) is 197 cm³/mol. The van der Waals surface area contributed by atoms with Crippen molar-refractivity contribution >= 4 is 90.0 Å². The zero-order valence-electron chi connectivity index (χ0n) is 24.7. The molecule has 2 nitrogen and oxygen atoms in total. The Morgan fingerprint density at radius 2 is 0.609 bits per heavy atom. The van der Waals surface area contributed by atoms with Crippen LogP contribution in [0.3, 0.4) is 0 Å². The third-order valence-electron chi connectivity index (χ3n) is 9.16. The molecule has 0 amide bonds. The van der Waals surface area contributed by atoms with Crippen LogP contribution in [-0.4, -0.2) is 0 Å². The zero-order valence-corrected chi connectivity index (χ0v) is 26.4. The van der Waals surface area contributed by atoms with Gasteiger partial charge in [-0.3, -0.25) is 0 Å². The van der Waals surface area contributed by atoms with Gasteiger partial charge in [-0.2, -0.15) is 0 Å². The van der Waals surface area contributed by atoms with Crippen LogP contribution < -0.4 is 9.80 Å². The molecule has 0 aromatic heterocycles. The van der Waals surface area contributed by atoms with E-state index in [2.05, 4.69) is 168 Å². The molecule has 0 bridgehead atoms. The topological polar surface area (TPSA) is 6.48 Å². The fourth-order valence-corrected chi connectivity index (χ4v) is 9.36. The monoisotopic (exact) mass is 622 g/mol. The molecule has 0 radical (unpaired) electrons. The lowest BCUT2D eigenvalue weighted by atomic mass is 9.93. The summed E-state index contributed by atoms with van der Waals surface area (Å²) in [5.74, 6) is 0. The van der Waals surface area contributed by atoms with Crippen LogP contribution in [0.15, 0.2) is 177 Å². The van der Waals surface area contributed by atoms with Crippen molar-refractivity contribution < 1.29 is 0 Å². The van der Waals surface area contributed by atoms with Crippen LogP contribution in [0.25, 0.3) is 32.3 Å². The normalized spacial score (nSPS) is 13.4. The maximum atomic E-state index is 2.47. The molecule has 8 aromatic carbocycles. The molecule has 0 atom stereocenters. The number of anilines is 6. The molecule has 216 valence electrons. The van der Waals surface area contributed by atoms with Gasteiger partial charge in [-0.25, -0.2) is 0 Å². The summed E-state index contributed by atoms with van der Waals surface area (Å²) in [7, 11) is 0. The molecule has 2 heterocycles. The van der Waals surface area contributed by atoms with E-state index in [1.807, 2.05) is 23.5 Å². The minimum atomic E-state index is 1.19. The Morgan fingerprint density at radius 3 is 0.978 bits per heavy atom. The van der Waals surface area contributed by atoms with Gasteiger partial charge in [0.05, 0.1) is 34.1 Å². The lowest BCUT2D eigenvalue weighted by molar-refractivity contribution is 1.17. The first-order chi connectivity index (χ1) is 22.8. The van der Waals surface area contributed by atoms with E-state index in [1.165, 1.54) is 86.0 Å². The van der Waals surface area contributed by atoms with Crippen LogP contribution in [0.4, 0.5) is 34.1 Å². The van der Waals surface area contributed by atoms with E-state index in [1.54, 1.807) is 0 Å². The maximum absolute atomic E-state index is 2.47. The van der Waals surface area contributed by atoms with Crippen molar-refractivity contribution in [2.24, 2.45) is 0 Å². The quantitative estimate of drug-likeness (QED) is 0.177. The fourth-order valence-electron chi connectivity index (χ4n) is 7.24. The van der Waals surface area contributed by atoms with Gasteiger partial charge in [-0.05, 0) is 82.2 Å². The highest BCUT2D eigenvalue weighted by Crippen LogP contribution is 2.56. The van der Waals surface area contributed by atoms with Crippen LogP contribution in [0.2, 0.25) is 0 Å². The number of benzene rings is 8. The smallest absolute Gasteiger partial charge is 0.0601 e. The zero-order chi connectivity index (χ0) is 30.2. The molecule has 0 N–H and O–H groups in total. The van der Waals surface area contributed by atoms with Crippen LogP contribution in [-0.2, 0) is 0 Å². The molecule has 8 aromatic rings. The second kappa shape index (κ2) is 10.2. The first kappa shape index (κ1) is 26.1. The van der Waals surface area contributed by atoms with E-state index >= 15 is 0 Å². The summed E-state index contributed by atoms with van der Waals surface area (Å²) in [6.45, 7) is 0. The predicted octanol–water partition coefficient (Wildman–Crippen LogP) is 13.0. The van der Waals surface area contributed by atoms with Crippen LogP contribution in [0.5, 0.6) is 0 Å². The van der Waals surface area contributed by atoms with Gasteiger partial charge in [-0.1, -0.05) is 121 Å². The number of hydrogen-bond acceptors (Lipinski definition) is 4. The molecule has 4 heteroatoms. The molecule has 10 rings (SSSR count). The number of hydrogen-bond donors (Lipinski definition) is 0. The molecule has 46 heavy (non-hydrogen) atoms. The van der Waals surface area contributed by atoms with Crippen molar-refractivity contribution in [3.8, 4) is 0 Å². The van der Waals surface area contributed by atoms with Crippen LogP contribution in [0, 0.1) is 0 Å². The number of rotatable bonds is 2. The highest BCUT2D eigenvalue weighted by atomic mass is 32.2. The molecule has 0 spiro atoms. The summed E-state index contributed by atoms with van der Waals surface area (Å²) in [4.78, 5) is 10.0. The molecule has 0 unspecified atom stereocenters. The van der Waals surface area contributed by atoms with E-state index in [9.17, 15) is 0 Å². The van der Waals surface area contributed by atoms with Gasteiger partial charge in [0.15, 0.2) is 0 Å². The van der Waals surface area contributed by atoms with Gasteiger partial charge < -0.3 is 9.80 Å². The Balaban J connectivity index is 1.32. The van der Waals surface area contributed by atoms with Gasteiger partial charge in [0.25, 0.3) is 0 Å².